The summed E-state index contributed by atoms with van der Waals surface area (Å²) in [6.45, 7) is 1.62. The van der Waals surface area contributed by atoms with Gasteiger partial charge in [-0.2, -0.15) is 4.31 Å². The van der Waals surface area contributed by atoms with E-state index in [4.69, 9.17) is 0 Å². The van der Waals surface area contributed by atoms with E-state index in [0.717, 1.165) is 23.5 Å². The van der Waals surface area contributed by atoms with Gasteiger partial charge in [-0.1, -0.05) is 13.0 Å². The first-order chi connectivity index (χ1) is 11.2. The largest absolute Gasteiger partial charge is 0.481 e. The second-order valence-corrected chi connectivity index (χ2v) is 7.71. The lowest BCUT2D eigenvalue weighted by atomic mass is 9.92. The number of benzene rings is 1. The molecule has 1 saturated heterocycles. The van der Waals surface area contributed by atoms with Gasteiger partial charge in [0.15, 0.2) is 0 Å². The summed E-state index contributed by atoms with van der Waals surface area (Å²) in [5, 5.41) is 9.18. The lowest BCUT2D eigenvalue weighted by Gasteiger charge is -2.34. The highest BCUT2D eigenvalue weighted by molar-refractivity contribution is 7.89. The molecule has 0 amide bonds. The third kappa shape index (κ3) is 3.41. The van der Waals surface area contributed by atoms with Crippen LogP contribution in [0.4, 0.5) is 4.39 Å². The molecule has 1 fully saturated rings. The molecule has 0 radical (unpaired) electrons. The molecule has 1 aromatic rings. The maximum atomic E-state index is 14.0. The second kappa shape index (κ2) is 6.86. The maximum absolute atomic E-state index is 14.0. The smallest absolute Gasteiger partial charge is 0.342 e. The van der Waals surface area contributed by atoms with Crippen LogP contribution in [0, 0.1) is 17.7 Å². The van der Waals surface area contributed by atoms with E-state index in [-0.39, 0.29) is 19.0 Å². The van der Waals surface area contributed by atoms with Gasteiger partial charge in [0, 0.05) is 13.1 Å². The molecule has 132 valence electrons. The van der Waals surface area contributed by atoms with E-state index >= 15 is 0 Å². The van der Waals surface area contributed by atoms with E-state index in [2.05, 4.69) is 4.74 Å². The van der Waals surface area contributed by atoms with Crippen molar-refractivity contribution in [1.29, 1.82) is 0 Å². The molecule has 1 heterocycles. The molecule has 0 spiro atoms. The van der Waals surface area contributed by atoms with Crippen LogP contribution in [0.5, 0.6) is 0 Å². The van der Waals surface area contributed by atoms with E-state index in [0.29, 0.717) is 6.42 Å². The maximum Gasteiger partial charge on any atom is 0.342 e. The van der Waals surface area contributed by atoms with Crippen LogP contribution in [0.2, 0.25) is 0 Å². The Morgan fingerprint density at radius 2 is 2.00 bits per heavy atom. The van der Waals surface area contributed by atoms with Crippen molar-refractivity contribution in [2.45, 2.75) is 18.2 Å². The lowest BCUT2D eigenvalue weighted by Crippen LogP contribution is -2.45. The number of methoxy groups -OCH3 is 1. The topological polar surface area (TPSA) is 101 Å². The van der Waals surface area contributed by atoms with Crippen molar-refractivity contribution in [2.75, 3.05) is 20.2 Å². The van der Waals surface area contributed by atoms with Crippen molar-refractivity contribution in [2.24, 2.45) is 11.8 Å². The van der Waals surface area contributed by atoms with E-state index in [1.165, 1.54) is 6.07 Å². The molecule has 7 nitrogen and oxygen atoms in total. The highest BCUT2D eigenvalue weighted by Crippen LogP contribution is 2.29. The van der Waals surface area contributed by atoms with Crippen LogP contribution in [-0.4, -0.2) is 50.0 Å². The fraction of sp³-hybridized carbons (Fsp3) is 0.467. The Labute approximate surface area is 139 Å². The molecular weight excluding hydrogens is 341 g/mol. The van der Waals surface area contributed by atoms with Crippen LogP contribution in [0.1, 0.15) is 23.7 Å². The third-order valence-corrected chi connectivity index (χ3v) is 5.83. The molecule has 24 heavy (non-hydrogen) atoms. The van der Waals surface area contributed by atoms with Crippen molar-refractivity contribution < 1.29 is 32.2 Å². The molecule has 1 N–H and O–H groups in total. The van der Waals surface area contributed by atoms with Gasteiger partial charge >= 0.3 is 11.9 Å². The Kier molecular flexibility index (Phi) is 5.24. The number of ether oxygens (including phenoxy) is 1. The summed E-state index contributed by atoms with van der Waals surface area (Å²) in [6.07, 6.45) is 0.356. The molecule has 0 bridgehead atoms. The Bertz CT molecular complexity index is 763. The summed E-state index contributed by atoms with van der Waals surface area (Å²) in [4.78, 5) is 22.5. The molecule has 0 aliphatic carbocycles. The SMILES string of the molecule is COC(=O)c1c(F)cccc1S(=O)(=O)N1CC(C)CC(C(=O)O)C1. The number of halogens is 1. The predicted octanol–water partition coefficient (Wildman–Crippen LogP) is 1.34. The zero-order chi connectivity index (χ0) is 18.1. The van der Waals surface area contributed by atoms with E-state index < -0.39 is 44.2 Å². The van der Waals surface area contributed by atoms with Crippen LogP contribution < -0.4 is 0 Å². The highest BCUT2D eigenvalue weighted by atomic mass is 32.2. The molecule has 2 unspecified atom stereocenters. The van der Waals surface area contributed by atoms with Crippen molar-refractivity contribution in [3.63, 3.8) is 0 Å². The number of carbonyl (C=O) groups is 2. The Morgan fingerprint density at radius 3 is 2.58 bits per heavy atom. The molecule has 1 aliphatic rings. The van der Waals surface area contributed by atoms with Crippen molar-refractivity contribution in [3.8, 4) is 0 Å². The molecule has 1 aliphatic heterocycles. The summed E-state index contributed by atoms with van der Waals surface area (Å²) < 4.78 is 45.1. The summed E-state index contributed by atoms with van der Waals surface area (Å²) in [5.41, 5.74) is -0.676. The van der Waals surface area contributed by atoms with Gasteiger partial charge in [-0.05, 0) is 24.5 Å². The normalized spacial score (nSPS) is 22.1. The predicted molar refractivity (Wildman–Crippen MR) is 81.4 cm³/mol. The molecule has 0 aromatic heterocycles. The fourth-order valence-electron chi connectivity index (χ4n) is 2.84. The number of hydrogen-bond acceptors (Lipinski definition) is 5. The van der Waals surface area contributed by atoms with Crippen LogP contribution >= 0.6 is 0 Å². The number of piperidine rings is 1. The molecule has 1 aromatic carbocycles. The number of carbonyl (C=O) groups excluding carboxylic acids is 1. The van der Waals surface area contributed by atoms with E-state index in [9.17, 15) is 27.5 Å². The van der Waals surface area contributed by atoms with Crippen molar-refractivity contribution in [1.82, 2.24) is 4.31 Å². The Morgan fingerprint density at radius 1 is 1.33 bits per heavy atom. The van der Waals surface area contributed by atoms with Gasteiger partial charge in [0.25, 0.3) is 0 Å². The molecule has 9 heteroatoms. The summed E-state index contributed by atoms with van der Waals surface area (Å²) in [6, 6.07) is 3.25. The van der Waals surface area contributed by atoms with Crippen LogP contribution in [-0.2, 0) is 19.6 Å². The number of carboxylic acids is 1. The number of esters is 1. The van der Waals surface area contributed by atoms with Crippen molar-refractivity contribution >= 4 is 22.0 Å². The first kappa shape index (κ1) is 18.3. The minimum atomic E-state index is -4.24. The zero-order valence-electron chi connectivity index (χ0n) is 13.2. The number of rotatable bonds is 4. The fourth-order valence-corrected chi connectivity index (χ4v) is 4.63. The molecule has 2 atom stereocenters. The van der Waals surface area contributed by atoms with Gasteiger partial charge in [-0.3, -0.25) is 4.79 Å². The Balaban J connectivity index is 2.49. The van der Waals surface area contributed by atoms with Gasteiger partial charge in [0.2, 0.25) is 10.0 Å². The first-order valence-electron chi connectivity index (χ1n) is 7.28. The van der Waals surface area contributed by atoms with E-state index in [1.807, 2.05) is 0 Å². The monoisotopic (exact) mass is 359 g/mol. The quantitative estimate of drug-likeness (QED) is 0.814. The molecule has 2 rings (SSSR count). The van der Waals surface area contributed by atoms with Gasteiger partial charge in [0.1, 0.15) is 11.4 Å². The summed E-state index contributed by atoms with van der Waals surface area (Å²) >= 11 is 0. The number of hydrogen-bond donors (Lipinski definition) is 1. The number of nitrogens with zero attached hydrogens (tertiary/aromatic N) is 1. The second-order valence-electron chi connectivity index (χ2n) is 5.80. The van der Waals surface area contributed by atoms with E-state index in [1.54, 1.807) is 6.92 Å². The van der Waals surface area contributed by atoms with Gasteiger partial charge in [-0.15, -0.1) is 0 Å². The van der Waals surface area contributed by atoms with Crippen LogP contribution in [0.3, 0.4) is 0 Å². The van der Waals surface area contributed by atoms with Gasteiger partial charge < -0.3 is 9.84 Å². The summed E-state index contributed by atoms with van der Waals surface area (Å²) in [7, 11) is -3.22. The minimum Gasteiger partial charge on any atom is -0.481 e. The standard InChI is InChI=1S/C15H18FNO6S/c1-9-6-10(14(18)19)8-17(7-9)24(21,22)12-5-3-4-11(16)13(12)15(20)23-2/h3-5,9-10H,6-8H2,1-2H3,(H,18,19). The number of aliphatic carboxylic acids is 1. The highest BCUT2D eigenvalue weighted by Gasteiger charge is 2.38. The van der Waals surface area contributed by atoms with Gasteiger partial charge in [0.05, 0.1) is 17.9 Å². The lowest BCUT2D eigenvalue weighted by molar-refractivity contribution is -0.143. The van der Waals surface area contributed by atoms with Gasteiger partial charge in [-0.25, -0.2) is 17.6 Å². The van der Waals surface area contributed by atoms with Crippen molar-refractivity contribution in [3.05, 3.63) is 29.6 Å². The molecular formula is C15H18FNO6S. The average Bonchev–Trinajstić information content (AvgIpc) is 2.53. The zero-order valence-corrected chi connectivity index (χ0v) is 14.0. The van der Waals surface area contributed by atoms with Crippen LogP contribution in [0.15, 0.2) is 23.1 Å². The minimum absolute atomic E-state index is 0.100. The third-order valence-electron chi connectivity index (χ3n) is 3.96. The first-order valence-corrected chi connectivity index (χ1v) is 8.72. The average molecular weight is 359 g/mol. The number of carboxylic acid groups (broad SMARTS) is 1. The van der Waals surface area contributed by atoms with Crippen LogP contribution in [0.25, 0.3) is 0 Å². The molecule has 0 saturated carbocycles. The summed E-state index contributed by atoms with van der Waals surface area (Å²) in [5.74, 6) is -4.23. The Hall–Kier alpha value is -2.00. The number of sulfonamides is 1.